The van der Waals surface area contributed by atoms with Crippen LogP contribution in [0.5, 0.6) is 0 Å². The van der Waals surface area contributed by atoms with Crippen molar-refractivity contribution in [3.05, 3.63) is 0 Å². The highest BCUT2D eigenvalue weighted by Gasteiger charge is 2.15. The van der Waals surface area contributed by atoms with E-state index in [1.165, 1.54) is 7.11 Å². The molecule has 1 atom stereocenters. The summed E-state index contributed by atoms with van der Waals surface area (Å²) in [4.78, 5) is 11.1. The zero-order valence-electron chi connectivity index (χ0n) is 8.22. The predicted octanol–water partition coefficient (Wildman–Crippen LogP) is 1.33. The Hall–Kier alpha value is -0.570. The Labute approximate surface area is 74.5 Å². The highest BCUT2D eigenvalue weighted by Crippen LogP contribution is 1.98. The molecule has 0 saturated carbocycles. The Kier molecular flexibility index (Phi) is 6.76. The molecule has 0 amide bonds. The van der Waals surface area contributed by atoms with Gasteiger partial charge in [-0.25, -0.2) is 0 Å². The van der Waals surface area contributed by atoms with Gasteiger partial charge in [0.15, 0.2) is 0 Å². The summed E-state index contributed by atoms with van der Waals surface area (Å²) in [5.74, 6) is -0.148. The van der Waals surface area contributed by atoms with Crippen molar-refractivity contribution >= 4 is 5.97 Å². The monoisotopic (exact) mass is 173 g/mol. The number of carbonyl (C=O) groups is 1. The summed E-state index contributed by atoms with van der Waals surface area (Å²) in [6.45, 7) is 5.01. The van der Waals surface area contributed by atoms with Crippen LogP contribution < -0.4 is 5.32 Å². The van der Waals surface area contributed by atoms with E-state index in [1.54, 1.807) is 0 Å². The first-order valence-electron chi connectivity index (χ1n) is 4.57. The zero-order valence-corrected chi connectivity index (χ0v) is 8.22. The third kappa shape index (κ3) is 4.34. The van der Waals surface area contributed by atoms with Crippen LogP contribution in [-0.4, -0.2) is 25.7 Å². The lowest BCUT2D eigenvalue weighted by molar-refractivity contribution is -0.143. The number of carbonyl (C=O) groups excluding carboxylic acids is 1. The van der Waals surface area contributed by atoms with Crippen LogP contribution in [0.25, 0.3) is 0 Å². The van der Waals surface area contributed by atoms with Gasteiger partial charge >= 0.3 is 5.97 Å². The lowest BCUT2D eigenvalue weighted by Gasteiger charge is -2.14. The van der Waals surface area contributed by atoms with Gasteiger partial charge in [0.2, 0.25) is 0 Å². The molecule has 0 aliphatic carbocycles. The SMILES string of the molecule is CCCNC(CCC)C(=O)OC. The first kappa shape index (κ1) is 11.4. The minimum atomic E-state index is -0.148. The predicted molar refractivity (Wildman–Crippen MR) is 49.0 cm³/mol. The second-order valence-electron chi connectivity index (χ2n) is 2.82. The maximum Gasteiger partial charge on any atom is 0.322 e. The summed E-state index contributed by atoms with van der Waals surface area (Å²) in [6, 6.07) is -0.111. The number of hydrogen-bond donors (Lipinski definition) is 1. The number of nitrogens with one attached hydrogen (secondary N) is 1. The number of hydrogen-bond acceptors (Lipinski definition) is 3. The maximum absolute atomic E-state index is 11.1. The van der Waals surface area contributed by atoms with Crippen molar-refractivity contribution in [1.82, 2.24) is 5.32 Å². The first-order valence-corrected chi connectivity index (χ1v) is 4.57. The number of esters is 1. The molecule has 72 valence electrons. The number of rotatable bonds is 6. The topological polar surface area (TPSA) is 38.3 Å². The van der Waals surface area contributed by atoms with Crippen molar-refractivity contribution < 1.29 is 9.53 Å². The molecule has 0 aromatic carbocycles. The molecule has 3 nitrogen and oxygen atoms in total. The number of methoxy groups -OCH3 is 1. The largest absolute Gasteiger partial charge is 0.468 e. The van der Waals surface area contributed by atoms with Crippen LogP contribution in [0.2, 0.25) is 0 Å². The molecule has 0 rings (SSSR count). The number of ether oxygens (including phenoxy) is 1. The van der Waals surface area contributed by atoms with E-state index in [0.717, 1.165) is 25.8 Å². The molecule has 1 unspecified atom stereocenters. The van der Waals surface area contributed by atoms with Crippen molar-refractivity contribution in [1.29, 1.82) is 0 Å². The quantitative estimate of drug-likeness (QED) is 0.616. The van der Waals surface area contributed by atoms with E-state index < -0.39 is 0 Å². The van der Waals surface area contributed by atoms with Gasteiger partial charge in [-0.05, 0) is 19.4 Å². The van der Waals surface area contributed by atoms with Gasteiger partial charge in [0.1, 0.15) is 6.04 Å². The minimum absolute atomic E-state index is 0.111. The molecule has 0 heterocycles. The molecule has 0 bridgehead atoms. The molecule has 0 spiro atoms. The fraction of sp³-hybridized carbons (Fsp3) is 0.889. The summed E-state index contributed by atoms with van der Waals surface area (Å²) < 4.78 is 4.66. The van der Waals surface area contributed by atoms with Crippen molar-refractivity contribution in [3.8, 4) is 0 Å². The second kappa shape index (κ2) is 7.10. The Morgan fingerprint density at radius 1 is 1.42 bits per heavy atom. The molecule has 0 aliphatic heterocycles. The van der Waals surface area contributed by atoms with Crippen LogP contribution >= 0.6 is 0 Å². The van der Waals surface area contributed by atoms with E-state index in [4.69, 9.17) is 0 Å². The molecule has 12 heavy (non-hydrogen) atoms. The Morgan fingerprint density at radius 3 is 2.50 bits per heavy atom. The van der Waals surface area contributed by atoms with Gasteiger partial charge in [0.05, 0.1) is 7.11 Å². The molecule has 0 radical (unpaired) electrons. The summed E-state index contributed by atoms with van der Waals surface area (Å²) in [5, 5.41) is 3.15. The molecule has 3 heteroatoms. The van der Waals surface area contributed by atoms with Crippen LogP contribution in [0.4, 0.5) is 0 Å². The molecule has 0 fully saturated rings. The molecular weight excluding hydrogens is 154 g/mol. The average Bonchev–Trinajstić information content (AvgIpc) is 2.11. The molecule has 0 aliphatic rings. The minimum Gasteiger partial charge on any atom is -0.468 e. The zero-order chi connectivity index (χ0) is 9.40. The van der Waals surface area contributed by atoms with Gasteiger partial charge in [-0.15, -0.1) is 0 Å². The Bertz CT molecular complexity index is 126. The van der Waals surface area contributed by atoms with E-state index in [1.807, 2.05) is 0 Å². The third-order valence-electron chi connectivity index (χ3n) is 1.70. The lowest BCUT2D eigenvalue weighted by atomic mass is 10.1. The highest BCUT2D eigenvalue weighted by molar-refractivity contribution is 5.75. The fourth-order valence-corrected chi connectivity index (χ4v) is 1.05. The maximum atomic E-state index is 11.1. The van der Waals surface area contributed by atoms with Gasteiger partial charge < -0.3 is 10.1 Å². The summed E-state index contributed by atoms with van der Waals surface area (Å²) in [5.41, 5.74) is 0. The normalized spacial score (nSPS) is 12.6. The molecule has 0 aromatic heterocycles. The van der Waals surface area contributed by atoms with Gasteiger partial charge in [0.25, 0.3) is 0 Å². The fourth-order valence-electron chi connectivity index (χ4n) is 1.05. The van der Waals surface area contributed by atoms with Gasteiger partial charge in [-0.2, -0.15) is 0 Å². The molecule has 1 N–H and O–H groups in total. The Morgan fingerprint density at radius 2 is 2.08 bits per heavy atom. The van der Waals surface area contributed by atoms with Crippen molar-refractivity contribution in [3.63, 3.8) is 0 Å². The van der Waals surface area contributed by atoms with Crippen LogP contribution in [0.3, 0.4) is 0 Å². The van der Waals surface area contributed by atoms with E-state index in [0.29, 0.717) is 0 Å². The lowest BCUT2D eigenvalue weighted by Crippen LogP contribution is -2.37. The van der Waals surface area contributed by atoms with Gasteiger partial charge in [-0.1, -0.05) is 20.3 Å². The van der Waals surface area contributed by atoms with Crippen molar-refractivity contribution in [2.45, 2.75) is 39.2 Å². The van der Waals surface area contributed by atoms with Gasteiger partial charge in [0, 0.05) is 0 Å². The van der Waals surface area contributed by atoms with E-state index in [-0.39, 0.29) is 12.0 Å². The average molecular weight is 173 g/mol. The standard InChI is InChI=1S/C9H19NO2/c1-4-6-8(9(11)12-3)10-7-5-2/h8,10H,4-7H2,1-3H3. The molecule has 0 aromatic rings. The van der Waals surface area contributed by atoms with Crippen LogP contribution in [0.15, 0.2) is 0 Å². The van der Waals surface area contributed by atoms with E-state index in [9.17, 15) is 4.79 Å². The van der Waals surface area contributed by atoms with Crippen molar-refractivity contribution in [2.75, 3.05) is 13.7 Å². The highest BCUT2D eigenvalue weighted by atomic mass is 16.5. The summed E-state index contributed by atoms with van der Waals surface area (Å²) in [7, 11) is 1.43. The van der Waals surface area contributed by atoms with Crippen molar-refractivity contribution in [2.24, 2.45) is 0 Å². The second-order valence-corrected chi connectivity index (χ2v) is 2.82. The van der Waals surface area contributed by atoms with Crippen LogP contribution in [0.1, 0.15) is 33.1 Å². The van der Waals surface area contributed by atoms with Crippen LogP contribution in [0, 0.1) is 0 Å². The third-order valence-corrected chi connectivity index (χ3v) is 1.70. The summed E-state index contributed by atoms with van der Waals surface area (Å²) >= 11 is 0. The van der Waals surface area contributed by atoms with Crippen LogP contribution in [-0.2, 0) is 9.53 Å². The van der Waals surface area contributed by atoms with E-state index in [2.05, 4.69) is 23.9 Å². The Balaban J connectivity index is 3.76. The van der Waals surface area contributed by atoms with Gasteiger partial charge in [-0.3, -0.25) is 4.79 Å². The molecule has 0 saturated heterocycles. The van der Waals surface area contributed by atoms with E-state index >= 15 is 0 Å². The smallest absolute Gasteiger partial charge is 0.322 e. The molecular formula is C9H19NO2. The first-order chi connectivity index (χ1) is 5.76. The summed E-state index contributed by atoms with van der Waals surface area (Å²) in [6.07, 6.45) is 2.89.